The molecule has 0 saturated carbocycles. The summed E-state index contributed by atoms with van der Waals surface area (Å²) in [5, 5.41) is 0.322. The molecule has 0 aliphatic heterocycles. The van der Waals surface area contributed by atoms with Crippen LogP contribution in [0.2, 0.25) is 10.2 Å². The summed E-state index contributed by atoms with van der Waals surface area (Å²) in [5.74, 6) is -0.652. The van der Waals surface area contributed by atoms with Crippen LogP contribution in [0.3, 0.4) is 0 Å². The number of Topliss-reactive ketones (excluding diaryl/α,β-unsaturated/α-hetero) is 1. The van der Waals surface area contributed by atoms with Crippen LogP contribution in [0.4, 0.5) is 0 Å². The first-order chi connectivity index (χ1) is 10.5. The first kappa shape index (κ1) is 16.3. The Morgan fingerprint density at radius 2 is 2.00 bits per heavy atom. The van der Waals surface area contributed by atoms with Crippen molar-refractivity contribution in [3.8, 4) is 5.75 Å². The molecule has 114 valence electrons. The lowest BCUT2D eigenvalue weighted by Gasteiger charge is -2.07. The molecule has 0 N–H and O–H groups in total. The summed E-state index contributed by atoms with van der Waals surface area (Å²) in [6, 6.07) is 7.57. The van der Waals surface area contributed by atoms with Gasteiger partial charge in [-0.3, -0.25) is 4.79 Å². The lowest BCUT2D eigenvalue weighted by atomic mass is 10.1. The number of hydrogen-bond acceptors (Lipinski definition) is 5. The highest BCUT2D eigenvalue weighted by molar-refractivity contribution is 6.32. The molecule has 0 amide bonds. The number of esters is 1. The van der Waals surface area contributed by atoms with Crippen LogP contribution >= 0.6 is 23.2 Å². The topological polar surface area (TPSA) is 65.5 Å². The van der Waals surface area contributed by atoms with E-state index < -0.39 is 18.4 Å². The van der Waals surface area contributed by atoms with Gasteiger partial charge in [0.2, 0.25) is 0 Å². The molecule has 0 aliphatic rings. The molecule has 0 atom stereocenters. The van der Waals surface area contributed by atoms with Crippen molar-refractivity contribution < 1.29 is 19.1 Å². The Hall–Kier alpha value is -2.11. The molecule has 1 heterocycles. The number of nitrogens with zero attached hydrogens (tertiary/aromatic N) is 1. The van der Waals surface area contributed by atoms with Crippen LogP contribution in [0.1, 0.15) is 20.7 Å². The van der Waals surface area contributed by atoms with Gasteiger partial charge in [0.1, 0.15) is 10.9 Å². The Morgan fingerprint density at radius 3 is 2.64 bits per heavy atom. The van der Waals surface area contributed by atoms with E-state index in [4.69, 9.17) is 32.7 Å². The lowest BCUT2D eigenvalue weighted by Crippen LogP contribution is -2.15. The lowest BCUT2D eigenvalue weighted by molar-refractivity contribution is 0.0474. The number of carbonyl (C=O) groups excluding carboxylic acids is 2. The van der Waals surface area contributed by atoms with Crippen LogP contribution in [0.25, 0.3) is 0 Å². The van der Waals surface area contributed by atoms with Gasteiger partial charge in [-0.15, -0.1) is 0 Å². The number of rotatable bonds is 5. The molecule has 0 aliphatic carbocycles. The SMILES string of the molecule is COc1ccc(C(=O)COC(=O)c2cccnc2Cl)cc1Cl. The smallest absolute Gasteiger partial charge is 0.341 e. The van der Waals surface area contributed by atoms with Crippen molar-refractivity contribution in [2.45, 2.75) is 0 Å². The summed E-state index contributed by atoms with van der Waals surface area (Å²) in [5.41, 5.74) is 0.417. The predicted octanol–water partition coefficient (Wildman–Crippen LogP) is 3.44. The van der Waals surface area contributed by atoms with Crippen molar-refractivity contribution in [3.63, 3.8) is 0 Å². The molecule has 0 unspecified atom stereocenters. The minimum atomic E-state index is -0.717. The summed E-state index contributed by atoms with van der Waals surface area (Å²) >= 11 is 11.7. The second kappa shape index (κ2) is 7.24. The molecule has 1 aromatic carbocycles. The van der Waals surface area contributed by atoms with E-state index >= 15 is 0 Å². The van der Waals surface area contributed by atoms with Gasteiger partial charge < -0.3 is 9.47 Å². The Morgan fingerprint density at radius 1 is 1.23 bits per heavy atom. The maximum atomic E-state index is 12.0. The molecular formula is C15H11Cl2NO4. The quantitative estimate of drug-likeness (QED) is 0.474. The zero-order chi connectivity index (χ0) is 16.1. The highest BCUT2D eigenvalue weighted by atomic mass is 35.5. The molecule has 2 rings (SSSR count). The van der Waals surface area contributed by atoms with Crippen LogP contribution in [-0.4, -0.2) is 30.5 Å². The number of ether oxygens (including phenoxy) is 2. The fraction of sp³-hybridized carbons (Fsp3) is 0.133. The molecule has 22 heavy (non-hydrogen) atoms. The predicted molar refractivity (Wildman–Crippen MR) is 81.9 cm³/mol. The van der Waals surface area contributed by atoms with E-state index in [1.165, 1.54) is 31.5 Å². The van der Waals surface area contributed by atoms with Crippen molar-refractivity contribution in [1.29, 1.82) is 0 Å². The third kappa shape index (κ3) is 3.75. The van der Waals surface area contributed by atoms with Crippen LogP contribution in [-0.2, 0) is 4.74 Å². The average molecular weight is 340 g/mol. The maximum Gasteiger partial charge on any atom is 0.341 e. The Balaban J connectivity index is 2.02. The number of pyridine rings is 1. The van der Waals surface area contributed by atoms with Gasteiger partial charge in [-0.05, 0) is 30.3 Å². The summed E-state index contributed by atoms with van der Waals surface area (Å²) in [4.78, 5) is 27.6. The fourth-order valence-corrected chi connectivity index (χ4v) is 2.12. The van der Waals surface area contributed by atoms with Gasteiger partial charge in [-0.25, -0.2) is 9.78 Å². The fourth-order valence-electron chi connectivity index (χ4n) is 1.67. The van der Waals surface area contributed by atoms with Gasteiger partial charge in [-0.2, -0.15) is 0 Å². The summed E-state index contributed by atoms with van der Waals surface area (Å²) < 4.78 is 9.93. The number of ketones is 1. The second-order valence-corrected chi connectivity index (χ2v) is 4.96. The minimum absolute atomic E-state index is 0.0208. The first-order valence-electron chi connectivity index (χ1n) is 6.17. The van der Waals surface area contributed by atoms with Gasteiger partial charge in [0.25, 0.3) is 0 Å². The largest absolute Gasteiger partial charge is 0.495 e. The maximum absolute atomic E-state index is 12.0. The van der Waals surface area contributed by atoms with E-state index in [1.54, 1.807) is 12.1 Å². The van der Waals surface area contributed by atoms with Crippen LogP contribution in [0, 0.1) is 0 Å². The molecule has 0 bridgehead atoms. The van der Waals surface area contributed by atoms with Crippen molar-refractivity contribution in [2.75, 3.05) is 13.7 Å². The molecule has 2 aromatic rings. The molecule has 0 saturated heterocycles. The first-order valence-corrected chi connectivity index (χ1v) is 6.93. The van der Waals surface area contributed by atoms with Crippen LogP contribution < -0.4 is 4.74 Å². The van der Waals surface area contributed by atoms with E-state index in [0.717, 1.165) is 0 Å². The van der Waals surface area contributed by atoms with Crippen molar-refractivity contribution >= 4 is 35.0 Å². The normalized spacial score (nSPS) is 10.1. The molecule has 7 heteroatoms. The van der Waals surface area contributed by atoms with E-state index in [1.807, 2.05) is 0 Å². The highest BCUT2D eigenvalue weighted by Gasteiger charge is 2.15. The van der Waals surface area contributed by atoms with E-state index in [9.17, 15) is 9.59 Å². The molecule has 5 nitrogen and oxygen atoms in total. The molecular weight excluding hydrogens is 329 g/mol. The van der Waals surface area contributed by atoms with Gasteiger partial charge in [0.05, 0.1) is 17.7 Å². The van der Waals surface area contributed by atoms with E-state index in [0.29, 0.717) is 16.3 Å². The van der Waals surface area contributed by atoms with Crippen LogP contribution in [0.5, 0.6) is 5.75 Å². The zero-order valence-electron chi connectivity index (χ0n) is 11.5. The van der Waals surface area contributed by atoms with E-state index in [2.05, 4.69) is 4.98 Å². The third-order valence-corrected chi connectivity index (χ3v) is 3.38. The summed E-state index contributed by atoms with van der Waals surface area (Å²) in [6.45, 7) is -0.424. The Kier molecular flexibility index (Phi) is 5.35. The van der Waals surface area contributed by atoms with Crippen molar-refractivity contribution in [3.05, 3.63) is 57.8 Å². The summed E-state index contributed by atoms with van der Waals surface area (Å²) in [6.07, 6.45) is 1.45. The van der Waals surface area contributed by atoms with Crippen LogP contribution in [0.15, 0.2) is 36.5 Å². The molecule has 0 radical (unpaired) electrons. The number of carbonyl (C=O) groups is 2. The van der Waals surface area contributed by atoms with Gasteiger partial charge in [0.15, 0.2) is 12.4 Å². The zero-order valence-corrected chi connectivity index (χ0v) is 13.0. The van der Waals surface area contributed by atoms with Gasteiger partial charge >= 0.3 is 5.97 Å². The van der Waals surface area contributed by atoms with Gasteiger partial charge in [-0.1, -0.05) is 23.2 Å². The number of aromatic nitrogens is 1. The standard InChI is InChI=1S/C15H11Cl2NO4/c1-21-13-5-4-9(7-11(13)16)12(19)8-22-15(20)10-3-2-6-18-14(10)17/h2-7H,8H2,1H3. The monoisotopic (exact) mass is 339 g/mol. The second-order valence-electron chi connectivity index (χ2n) is 4.19. The number of benzene rings is 1. The highest BCUT2D eigenvalue weighted by Crippen LogP contribution is 2.25. The summed E-state index contributed by atoms with van der Waals surface area (Å²) in [7, 11) is 1.47. The average Bonchev–Trinajstić information content (AvgIpc) is 2.52. The molecule has 0 spiro atoms. The number of hydrogen-bond donors (Lipinski definition) is 0. The third-order valence-electron chi connectivity index (χ3n) is 2.79. The van der Waals surface area contributed by atoms with Crippen molar-refractivity contribution in [2.24, 2.45) is 0 Å². The number of halogens is 2. The van der Waals surface area contributed by atoms with Gasteiger partial charge in [0, 0.05) is 11.8 Å². The van der Waals surface area contributed by atoms with E-state index in [-0.39, 0.29) is 10.7 Å². The minimum Gasteiger partial charge on any atom is -0.495 e. The van der Waals surface area contributed by atoms with Crippen molar-refractivity contribution in [1.82, 2.24) is 4.98 Å². The molecule has 0 fully saturated rings. The molecule has 1 aromatic heterocycles. The number of methoxy groups -OCH3 is 1. The Bertz CT molecular complexity index is 718. The Labute approximate surface area is 136 Å².